The minimum atomic E-state index is 0.357. The molecule has 1 saturated heterocycles. The van der Waals surface area contributed by atoms with Gasteiger partial charge in [-0.2, -0.15) is 0 Å². The number of para-hydroxylation sites is 1. The van der Waals surface area contributed by atoms with E-state index in [0.29, 0.717) is 11.6 Å². The number of rotatable bonds is 2. The topological polar surface area (TPSA) is 15.9 Å². The Labute approximate surface area is 114 Å². The molecule has 96 valence electrons. The van der Waals surface area contributed by atoms with E-state index < -0.39 is 0 Å². The zero-order chi connectivity index (χ0) is 12.7. The van der Waals surface area contributed by atoms with E-state index in [1.54, 1.807) is 0 Å². The molecule has 1 unspecified atom stereocenters. The lowest BCUT2D eigenvalue weighted by molar-refractivity contribution is 0.640. The van der Waals surface area contributed by atoms with Gasteiger partial charge in [0.1, 0.15) is 0 Å². The summed E-state index contributed by atoms with van der Waals surface area (Å²) < 4.78 is 0. The van der Waals surface area contributed by atoms with Crippen LogP contribution in [0.15, 0.2) is 54.7 Å². The van der Waals surface area contributed by atoms with Crippen molar-refractivity contribution in [1.29, 1.82) is 0 Å². The Morgan fingerprint density at radius 3 is 2.37 bits per heavy atom. The highest BCUT2D eigenvalue weighted by Gasteiger charge is 2.64. The van der Waals surface area contributed by atoms with E-state index in [4.69, 9.17) is 0 Å². The molecule has 2 heteroatoms. The van der Waals surface area contributed by atoms with Crippen molar-refractivity contribution in [3.05, 3.63) is 60.4 Å². The summed E-state index contributed by atoms with van der Waals surface area (Å²) in [5.74, 6) is 0. The lowest BCUT2D eigenvalue weighted by atomic mass is 10.0. The van der Waals surface area contributed by atoms with Crippen molar-refractivity contribution < 1.29 is 0 Å². The van der Waals surface area contributed by atoms with Crippen LogP contribution in [0.3, 0.4) is 0 Å². The lowest BCUT2D eigenvalue weighted by Gasteiger charge is -2.10. The van der Waals surface area contributed by atoms with Crippen molar-refractivity contribution in [2.45, 2.75) is 37.3 Å². The zero-order valence-electron chi connectivity index (χ0n) is 11.0. The first-order chi connectivity index (χ1) is 9.42. The Bertz CT molecular complexity index is 511. The van der Waals surface area contributed by atoms with E-state index in [1.165, 1.54) is 37.1 Å². The first-order valence-corrected chi connectivity index (χ1v) is 7.17. The Hall–Kier alpha value is -1.83. The quantitative estimate of drug-likeness (QED) is 0.750. The van der Waals surface area contributed by atoms with Crippen LogP contribution in [0.1, 0.15) is 37.4 Å². The van der Waals surface area contributed by atoms with E-state index in [9.17, 15) is 0 Å². The largest absolute Gasteiger partial charge is 0.352 e. The molecule has 4 rings (SSSR count). The summed E-state index contributed by atoms with van der Waals surface area (Å²) in [5.41, 5.74) is 2.93. The third-order valence-corrected chi connectivity index (χ3v) is 4.65. The first-order valence-electron chi connectivity index (χ1n) is 7.17. The standard InChI is InChI=1S/C17H18N2/c1-2-8-14(9-3-1)19-16(15-10-4-7-13-18-15)17(19)11-5-6-12-17/h1-4,7-10,13,16H,5-6,11-12H2. The summed E-state index contributed by atoms with van der Waals surface area (Å²) in [5, 5.41) is 0. The molecule has 2 aromatic rings. The van der Waals surface area contributed by atoms with Crippen LogP contribution < -0.4 is 4.90 Å². The van der Waals surface area contributed by atoms with Crippen molar-refractivity contribution in [2.24, 2.45) is 0 Å². The second-order valence-corrected chi connectivity index (χ2v) is 5.67. The maximum atomic E-state index is 4.59. The molecule has 0 radical (unpaired) electrons. The fraction of sp³-hybridized carbons (Fsp3) is 0.353. The molecule has 1 aromatic carbocycles. The molecule has 1 aliphatic carbocycles. The van der Waals surface area contributed by atoms with Gasteiger partial charge in [0.2, 0.25) is 0 Å². The van der Waals surface area contributed by atoms with Gasteiger partial charge in [-0.15, -0.1) is 0 Å². The van der Waals surface area contributed by atoms with Gasteiger partial charge in [-0.1, -0.05) is 37.1 Å². The van der Waals surface area contributed by atoms with Crippen LogP contribution in [0.5, 0.6) is 0 Å². The molecule has 0 N–H and O–H groups in total. The van der Waals surface area contributed by atoms with Crippen LogP contribution >= 0.6 is 0 Å². The average molecular weight is 250 g/mol. The van der Waals surface area contributed by atoms with Gasteiger partial charge in [-0.3, -0.25) is 4.98 Å². The van der Waals surface area contributed by atoms with Crippen molar-refractivity contribution >= 4 is 5.69 Å². The normalized spacial score (nSPS) is 23.8. The Morgan fingerprint density at radius 1 is 0.947 bits per heavy atom. The van der Waals surface area contributed by atoms with E-state index in [1.807, 2.05) is 12.3 Å². The molecule has 2 nitrogen and oxygen atoms in total. The second-order valence-electron chi connectivity index (χ2n) is 5.67. The smallest absolute Gasteiger partial charge is 0.0951 e. The van der Waals surface area contributed by atoms with E-state index in [2.05, 4.69) is 52.3 Å². The summed E-state index contributed by atoms with van der Waals surface area (Å²) in [6, 6.07) is 17.6. The second kappa shape index (κ2) is 4.09. The molecule has 1 atom stereocenters. The average Bonchev–Trinajstić information content (AvgIpc) is 2.85. The molecule has 2 heterocycles. The van der Waals surface area contributed by atoms with Gasteiger partial charge in [-0.25, -0.2) is 0 Å². The van der Waals surface area contributed by atoms with E-state index >= 15 is 0 Å². The van der Waals surface area contributed by atoms with Gasteiger partial charge >= 0.3 is 0 Å². The van der Waals surface area contributed by atoms with Crippen LogP contribution in [0.4, 0.5) is 5.69 Å². The van der Waals surface area contributed by atoms with Gasteiger partial charge in [0.25, 0.3) is 0 Å². The van der Waals surface area contributed by atoms with Crippen LogP contribution in [0, 0.1) is 0 Å². The molecular formula is C17H18N2. The van der Waals surface area contributed by atoms with Gasteiger partial charge in [-0.05, 0) is 37.1 Å². The van der Waals surface area contributed by atoms with Crippen LogP contribution in [-0.2, 0) is 0 Å². The first kappa shape index (κ1) is 11.0. The Balaban J connectivity index is 1.74. The van der Waals surface area contributed by atoms with Crippen molar-refractivity contribution in [1.82, 2.24) is 4.98 Å². The summed E-state index contributed by atoms with van der Waals surface area (Å²) in [6.45, 7) is 0. The maximum absolute atomic E-state index is 4.59. The van der Waals surface area contributed by atoms with Crippen molar-refractivity contribution in [3.63, 3.8) is 0 Å². The van der Waals surface area contributed by atoms with Crippen LogP contribution in [0.25, 0.3) is 0 Å². The summed E-state index contributed by atoms with van der Waals surface area (Å²) in [4.78, 5) is 7.18. The fourth-order valence-corrected chi connectivity index (χ4v) is 3.81. The van der Waals surface area contributed by atoms with Gasteiger partial charge in [0, 0.05) is 11.9 Å². The van der Waals surface area contributed by atoms with Crippen molar-refractivity contribution in [2.75, 3.05) is 4.90 Å². The maximum Gasteiger partial charge on any atom is 0.0951 e. The van der Waals surface area contributed by atoms with Crippen molar-refractivity contribution in [3.8, 4) is 0 Å². The monoisotopic (exact) mass is 250 g/mol. The highest BCUT2D eigenvalue weighted by atomic mass is 15.4. The molecule has 1 spiro atoms. The molecule has 2 aliphatic rings. The number of nitrogens with zero attached hydrogens (tertiary/aromatic N) is 2. The Morgan fingerprint density at radius 2 is 1.68 bits per heavy atom. The number of anilines is 1. The fourth-order valence-electron chi connectivity index (χ4n) is 3.81. The molecule has 1 aromatic heterocycles. The molecule has 19 heavy (non-hydrogen) atoms. The minimum absolute atomic E-state index is 0.357. The minimum Gasteiger partial charge on any atom is -0.352 e. The molecule has 2 fully saturated rings. The van der Waals surface area contributed by atoms with E-state index in [-0.39, 0.29) is 0 Å². The molecule has 1 aliphatic heterocycles. The summed E-state index contributed by atoms with van der Waals surface area (Å²) in [7, 11) is 0. The highest BCUT2D eigenvalue weighted by molar-refractivity contribution is 5.62. The number of aromatic nitrogens is 1. The predicted octanol–water partition coefficient (Wildman–Crippen LogP) is 3.96. The third kappa shape index (κ3) is 1.59. The van der Waals surface area contributed by atoms with Crippen LogP contribution in [-0.4, -0.2) is 10.5 Å². The Kier molecular flexibility index (Phi) is 2.37. The van der Waals surface area contributed by atoms with E-state index in [0.717, 1.165) is 0 Å². The lowest BCUT2D eigenvalue weighted by Crippen LogP contribution is -2.12. The number of hydrogen-bond donors (Lipinski definition) is 0. The van der Waals surface area contributed by atoms with Gasteiger partial charge in [0.15, 0.2) is 0 Å². The highest BCUT2D eigenvalue weighted by Crippen LogP contribution is 2.62. The molecule has 0 bridgehead atoms. The molecule has 1 saturated carbocycles. The summed E-state index contributed by atoms with van der Waals surface area (Å²) >= 11 is 0. The zero-order valence-corrected chi connectivity index (χ0v) is 11.0. The van der Waals surface area contributed by atoms with Gasteiger partial charge in [0.05, 0.1) is 17.3 Å². The third-order valence-electron chi connectivity index (χ3n) is 4.65. The molecule has 0 amide bonds. The SMILES string of the molecule is c1ccc(N2C(c3ccccn3)C23CCCC3)cc1. The van der Waals surface area contributed by atoms with Gasteiger partial charge < -0.3 is 4.90 Å². The number of hydrogen-bond acceptors (Lipinski definition) is 2. The predicted molar refractivity (Wildman–Crippen MR) is 77.1 cm³/mol. The summed E-state index contributed by atoms with van der Waals surface area (Å²) in [6.07, 6.45) is 7.24. The number of benzene rings is 1. The molecular weight excluding hydrogens is 232 g/mol. The number of pyridine rings is 1. The van der Waals surface area contributed by atoms with Crippen LogP contribution in [0.2, 0.25) is 0 Å².